The van der Waals surface area contributed by atoms with E-state index in [9.17, 15) is 0 Å². The Hall–Kier alpha value is -0.500. The maximum Gasteiger partial charge on any atom is 0.126 e. The number of epoxide rings is 1. The zero-order chi connectivity index (χ0) is 10.3. The van der Waals surface area contributed by atoms with Crippen LogP contribution in [0.25, 0.3) is 0 Å². The van der Waals surface area contributed by atoms with E-state index in [1.165, 1.54) is 57.3 Å². The van der Waals surface area contributed by atoms with Gasteiger partial charge < -0.3 is 9.64 Å². The van der Waals surface area contributed by atoms with Crippen LogP contribution in [0.3, 0.4) is 0 Å². The molecule has 0 amide bonds. The van der Waals surface area contributed by atoms with Gasteiger partial charge in [0.25, 0.3) is 0 Å². The zero-order valence-electron chi connectivity index (χ0n) is 9.67. The van der Waals surface area contributed by atoms with Crippen molar-refractivity contribution in [2.75, 3.05) is 13.1 Å². The normalized spacial score (nSPS) is 40.5. The third kappa shape index (κ3) is 1.69. The molecule has 0 saturated carbocycles. The van der Waals surface area contributed by atoms with E-state index in [-0.39, 0.29) is 5.60 Å². The van der Waals surface area contributed by atoms with Gasteiger partial charge in [-0.15, -0.1) is 0 Å². The first-order valence-electron chi connectivity index (χ1n) is 6.42. The number of likely N-dealkylation sites (tertiary alicyclic amines) is 1. The number of nitrogens with zero attached hydrogens (tertiary/aromatic N) is 1. The van der Waals surface area contributed by atoms with Gasteiger partial charge in [0, 0.05) is 18.8 Å². The van der Waals surface area contributed by atoms with E-state index in [4.69, 9.17) is 4.74 Å². The summed E-state index contributed by atoms with van der Waals surface area (Å²) in [6.07, 6.45) is 10.8. The van der Waals surface area contributed by atoms with Crippen molar-refractivity contribution in [2.45, 2.75) is 57.2 Å². The highest BCUT2D eigenvalue weighted by molar-refractivity contribution is 5.25. The van der Waals surface area contributed by atoms with Gasteiger partial charge in [-0.05, 0) is 32.6 Å². The van der Waals surface area contributed by atoms with Gasteiger partial charge in [-0.2, -0.15) is 0 Å². The van der Waals surface area contributed by atoms with Crippen molar-refractivity contribution in [3.05, 3.63) is 11.8 Å². The van der Waals surface area contributed by atoms with Crippen molar-refractivity contribution in [2.24, 2.45) is 0 Å². The Kier molecular flexibility index (Phi) is 2.27. The number of hydrogen-bond donors (Lipinski definition) is 0. The molecule has 2 heteroatoms. The molecule has 2 aliphatic heterocycles. The van der Waals surface area contributed by atoms with E-state index >= 15 is 0 Å². The summed E-state index contributed by atoms with van der Waals surface area (Å²) in [7, 11) is 0. The third-order valence-corrected chi connectivity index (χ3v) is 4.12. The molecule has 2 nitrogen and oxygen atoms in total. The van der Waals surface area contributed by atoms with E-state index in [0.717, 1.165) is 0 Å². The van der Waals surface area contributed by atoms with Gasteiger partial charge in [-0.3, -0.25) is 0 Å². The molecule has 3 rings (SSSR count). The summed E-state index contributed by atoms with van der Waals surface area (Å²) in [5.74, 6) is 0. The lowest BCUT2D eigenvalue weighted by Crippen LogP contribution is -2.30. The fourth-order valence-corrected chi connectivity index (χ4v) is 3.04. The molecule has 2 saturated heterocycles. The summed E-state index contributed by atoms with van der Waals surface area (Å²) >= 11 is 0. The van der Waals surface area contributed by atoms with Crippen LogP contribution in [0.15, 0.2) is 11.8 Å². The maximum absolute atomic E-state index is 5.86. The molecule has 0 spiro atoms. The minimum atomic E-state index is 0.205. The Morgan fingerprint density at radius 3 is 2.73 bits per heavy atom. The fraction of sp³-hybridized carbons (Fsp3) is 0.846. The lowest BCUT2D eigenvalue weighted by atomic mass is 9.93. The van der Waals surface area contributed by atoms with Gasteiger partial charge in [-0.1, -0.05) is 18.9 Å². The summed E-state index contributed by atoms with van der Waals surface area (Å²) in [4.78, 5) is 2.59. The van der Waals surface area contributed by atoms with E-state index in [2.05, 4.69) is 17.9 Å². The predicted molar refractivity (Wildman–Crippen MR) is 60.6 cm³/mol. The SMILES string of the molecule is CC12CCC=C(N3CCCCCC3)C1O2. The van der Waals surface area contributed by atoms with Crippen LogP contribution in [-0.4, -0.2) is 29.7 Å². The number of ether oxygens (including phenoxy) is 1. The van der Waals surface area contributed by atoms with Crippen LogP contribution in [0.4, 0.5) is 0 Å². The Morgan fingerprint density at radius 1 is 1.27 bits per heavy atom. The van der Waals surface area contributed by atoms with Crippen molar-refractivity contribution >= 4 is 0 Å². The van der Waals surface area contributed by atoms with Crippen LogP contribution >= 0.6 is 0 Å². The number of fused-ring (bicyclic) bond motifs is 1. The Balaban J connectivity index is 1.73. The Bertz CT molecular complexity index is 278. The highest BCUT2D eigenvalue weighted by Crippen LogP contribution is 2.48. The molecular weight excluding hydrogens is 186 g/mol. The highest BCUT2D eigenvalue weighted by Gasteiger charge is 2.56. The molecule has 2 atom stereocenters. The molecule has 1 aliphatic carbocycles. The van der Waals surface area contributed by atoms with E-state index in [1.54, 1.807) is 0 Å². The van der Waals surface area contributed by atoms with Crippen LogP contribution < -0.4 is 0 Å². The monoisotopic (exact) mass is 207 g/mol. The molecule has 15 heavy (non-hydrogen) atoms. The van der Waals surface area contributed by atoms with Crippen LogP contribution in [-0.2, 0) is 4.74 Å². The molecule has 0 radical (unpaired) electrons. The summed E-state index contributed by atoms with van der Waals surface area (Å²) < 4.78 is 5.86. The van der Waals surface area contributed by atoms with Crippen molar-refractivity contribution in [1.82, 2.24) is 4.90 Å². The average Bonchev–Trinajstić information content (AvgIpc) is 2.94. The van der Waals surface area contributed by atoms with Crippen LogP contribution in [0, 0.1) is 0 Å². The first kappa shape index (κ1) is 9.71. The maximum atomic E-state index is 5.86. The molecule has 2 fully saturated rings. The average molecular weight is 207 g/mol. The quantitative estimate of drug-likeness (QED) is 0.614. The van der Waals surface area contributed by atoms with Gasteiger partial charge >= 0.3 is 0 Å². The fourth-order valence-electron chi connectivity index (χ4n) is 3.04. The largest absolute Gasteiger partial charge is 0.373 e. The second-order valence-electron chi connectivity index (χ2n) is 5.38. The molecule has 0 aromatic rings. The van der Waals surface area contributed by atoms with E-state index in [1.807, 2.05) is 0 Å². The zero-order valence-corrected chi connectivity index (χ0v) is 9.67. The molecule has 0 bridgehead atoms. The first-order chi connectivity index (χ1) is 7.30. The second kappa shape index (κ2) is 3.51. The minimum Gasteiger partial charge on any atom is -0.373 e. The summed E-state index contributed by atoms with van der Waals surface area (Å²) in [6.45, 7) is 4.77. The topological polar surface area (TPSA) is 15.8 Å². The van der Waals surface area contributed by atoms with Gasteiger partial charge in [0.05, 0.1) is 5.60 Å². The second-order valence-corrected chi connectivity index (χ2v) is 5.38. The summed E-state index contributed by atoms with van der Waals surface area (Å²) in [5.41, 5.74) is 1.71. The minimum absolute atomic E-state index is 0.205. The molecular formula is C13H21NO. The number of rotatable bonds is 1. The molecule has 3 aliphatic rings. The third-order valence-electron chi connectivity index (χ3n) is 4.12. The molecule has 0 N–H and O–H groups in total. The lowest BCUT2D eigenvalue weighted by Gasteiger charge is -2.27. The summed E-state index contributed by atoms with van der Waals surface area (Å²) in [5, 5.41) is 0. The Morgan fingerprint density at radius 2 is 2.00 bits per heavy atom. The number of allylic oxidation sites excluding steroid dienone is 1. The van der Waals surface area contributed by atoms with Crippen LogP contribution in [0.2, 0.25) is 0 Å². The molecule has 84 valence electrons. The molecule has 0 aromatic heterocycles. The standard InChI is InChI=1S/C13H21NO/c1-13-8-6-7-11(12(13)15-13)14-9-4-2-3-5-10-14/h7,12H,2-6,8-10H2,1H3. The summed E-state index contributed by atoms with van der Waals surface area (Å²) in [6, 6.07) is 0. The van der Waals surface area contributed by atoms with Crippen molar-refractivity contribution in [1.29, 1.82) is 0 Å². The molecule has 2 heterocycles. The van der Waals surface area contributed by atoms with Gasteiger partial charge in [0.2, 0.25) is 0 Å². The predicted octanol–water partition coefficient (Wildman–Crippen LogP) is 2.70. The first-order valence-corrected chi connectivity index (χ1v) is 6.42. The molecule has 2 unspecified atom stereocenters. The van der Waals surface area contributed by atoms with Gasteiger partial charge in [0.15, 0.2) is 0 Å². The van der Waals surface area contributed by atoms with E-state index < -0.39 is 0 Å². The van der Waals surface area contributed by atoms with Crippen molar-refractivity contribution in [3.8, 4) is 0 Å². The van der Waals surface area contributed by atoms with E-state index in [0.29, 0.717) is 6.10 Å². The Labute approximate surface area is 92.3 Å². The van der Waals surface area contributed by atoms with Crippen molar-refractivity contribution in [3.63, 3.8) is 0 Å². The van der Waals surface area contributed by atoms with Crippen LogP contribution in [0.5, 0.6) is 0 Å². The molecule has 0 aromatic carbocycles. The number of hydrogen-bond acceptors (Lipinski definition) is 2. The van der Waals surface area contributed by atoms with Gasteiger partial charge in [-0.25, -0.2) is 0 Å². The van der Waals surface area contributed by atoms with Crippen LogP contribution in [0.1, 0.15) is 45.4 Å². The smallest absolute Gasteiger partial charge is 0.126 e. The van der Waals surface area contributed by atoms with Crippen molar-refractivity contribution < 1.29 is 4.74 Å². The van der Waals surface area contributed by atoms with Gasteiger partial charge in [0.1, 0.15) is 6.10 Å². The lowest BCUT2D eigenvalue weighted by molar-refractivity contribution is 0.290. The highest BCUT2D eigenvalue weighted by atomic mass is 16.6.